The number of nitrogens with one attached hydrogen (secondary N) is 1. The Morgan fingerprint density at radius 1 is 1.12 bits per heavy atom. The van der Waals surface area contributed by atoms with Gasteiger partial charge in [0, 0.05) is 24.8 Å². The third-order valence-corrected chi connectivity index (χ3v) is 5.63. The molecule has 1 unspecified atom stereocenters. The third-order valence-electron chi connectivity index (χ3n) is 5.63. The van der Waals surface area contributed by atoms with Crippen LogP contribution in [0.3, 0.4) is 0 Å². The first-order chi connectivity index (χ1) is 12.3. The highest BCUT2D eigenvalue weighted by Crippen LogP contribution is 2.31. The number of amides is 1. The summed E-state index contributed by atoms with van der Waals surface area (Å²) in [5.74, 6) is 0.0679. The van der Waals surface area contributed by atoms with Crippen molar-refractivity contribution in [3.8, 4) is 0 Å². The fourth-order valence-corrected chi connectivity index (χ4v) is 3.53. The van der Waals surface area contributed by atoms with Gasteiger partial charge in [0.05, 0.1) is 11.3 Å². The molecule has 1 aliphatic heterocycles. The molecule has 3 N–H and O–H groups in total. The Morgan fingerprint density at radius 2 is 1.81 bits per heavy atom. The third kappa shape index (κ3) is 3.61. The summed E-state index contributed by atoms with van der Waals surface area (Å²) in [6, 6.07) is 14.1. The molecule has 4 nitrogen and oxygen atoms in total. The van der Waals surface area contributed by atoms with Gasteiger partial charge in [-0.3, -0.25) is 4.79 Å². The number of piperidine rings is 1. The largest absolute Gasteiger partial charge is 0.355 e. The van der Waals surface area contributed by atoms with Crippen LogP contribution in [-0.2, 0) is 0 Å². The van der Waals surface area contributed by atoms with Crippen molar-refractivity contribution in [1.29, 1.82) is 0 Å². The average Bonchev–Trinajstić information content (AvgIpc) is 2.61. The van der Waals surface area contributed by atoms with Crippen molar-refractivity contribution in [2.75, 3.05) is 18.4 Å². The second-order valence-electron chi connectivity index (χ2n) is 8.03. The zero-order valence-corrected chi connectivity index (χ0v) is 16.2. The van der Waals surface area contributed by atoms with Gasteiger partial charge in [0.15, 0.2) is 0 Å². The minimum atomic E-state index is -0.0661. The Morgan fingerprint density at radius 3 is 2.54 bits per heavy atom. The van der Waals surface area contributed by atoms with E-state index in [1.165, 1.54) is 11.1 Å². The van der Waals surface area contributed by atoms with Gasteiger partial charge >= 0.3 is 0 Å². The molecule has 1 fully saturated rings. The minimum absolute atomic E-state index is 0.0661. The van der Waals surface area contributed by atoms with Crippen LogP contribution in [-0.4, -0.2) is 29.9 Å². The average molecular weight is 351 g/mol. The van der Waals surface area contributed by atoms with Crippen molar-refractivity contribution >= 4 is 17.3 Å². The molecule has 0 radical (unpaired) electrons. The summed E-state index contributed by atoms with van der Waals surface area (Å²) in [5, 5.41) is 3.46. The van der Waals surface area contributed by atoms with Gasteiger partial charge in [0.2, 0.25) is 0 Å². The van der Waals surface area contributed by atoms with Gasteiger partial charge in [-0.05, 0) is 55.0 Å². The number of benzene rings is 2. The molecule has 0 aliphatic carbocycles. The fraction of sp³-hybridized carbons (Fsp3) is 0.409. The van der Waals surface area contributed by atoms with Crippen molar-refractivity contribution in [2.45, 2.75) is 40.2 Å². The van der Waals surface area contributed by atoms with Crippen LogP contribution in [0.25, 0.3) is 0 Å². The highest BCUT2D eigenvalue weighted by Gasteiger charge is 2.36. The minimum Gasteiger partial charge on any atom is -0.355 e. The van der Waals surface area contributed by atoms with Gasteiger partial charge in [0.25, 0.3) is 5.91 Å². The molecule has 2 aromatic carbocycles. The highest BCUT2D eigenvalue weighted by atomic mass is 16.2. The van der Waals surface area contributed by atoms with Crippen LogP contribution in [0, 0.1) is 19.3 Å². The monoisotopic (exact) mass is 351 g/mol. The zero-order chi connectivity index (χ0) is 18.9. The first-order valence-corrected chi connectivity index (χ1v) is 9.27. The lowest BCUT2D eigenvalue weighted by atomic mass is 9.79. The SMILES string of the molecule is Cc1cccc(Nc2ccccc2C(=O)N2CCC(N)C(C)(C)C2)c1C. The fourth-order valence-electron chi connectivity index (χ4n) is 3.53. The van der Waals surface area contributed by atoms with Gasteiger partial charge < -0.3 is 16.0 Å². The number of hydrogen-bond acceptors (Lipinski definition) is 3. The Bertz CT molecular complexity index is 813. The van der Waals surface area contributed by atoms with E-state index in [1.54, 1.807) is 0 Å². The van der Waals surface area contributed by atoms with E-state index in [0.717, 1.165) is 17.8 Å². The Labute approximate surface area is 156 Å². The van der Waals surface area contributed by atoms with Crippen LogP contribution in [0.2, 0.25) is 0 Å². The topological polar surface area (TPSA) is 58.4 Å². The molecular formula is C22H29N3O. The molecule has 1 heterocycles. The molecule has 1 aliphatic rings. The Kier molecular flexibility index (Phi) is 5.05. The van der Waals surface area contributed by atoms with E-state index in [1.807, 2.05) is 41.3 Å². The lowest BCUT2D eigenvalue weighted by molar-refractivity contribution is 0.0534. The summed E-state index contributed by atoms with van der Waals surface area (Å²) in [6.45, 7) is 9.86. The molecule has 0 bridgehead atoms. The van der Waals surface area contributed by atoms with Crippen molar-refractivity contribution in [2.24, 2.45) is 11.1 Å². The summed E-state index contributed by atoms with van der Waals surface area (Å²) >= 11 is 0. The van der Waals surface area contributed by atoms with Gasteiger partial charge in [-0.1, -0.05) is 38.1 Å². The predicted molar refractivity (Wildman–Crippen MR) is 108 cm³/mol. The van der Waals surface area contributed by atoms with Gasteiger partial charge in [-0.2, -0.15) is 0 Å². The van der Waals surface area contributed by atoms with Gasteiger partial charge in [-0.15, -0.1) is 0 Å². The Hall–Kier alpha value is -2.33. The number of aryl methyl sites for hydroxylation is 1. The molecule has 26 heavy (non-hydrogen) atoms. The number of carbonyl (C=O) groups excluding carboxylic acids is 1. The quantitative estimate of drug-likeness (QED) is 0.869. The second kappa shape index (κ2) is 7.12. The Balaban J connectivity index is 1.87. The maximum atomic E-state index is 13.2. The number of para-hydroxylation sites is 1. The number of carbonyl (C=O) groups is 1. The molecule has 0 spiro atoms. The van der Waals surface area contributed by atoms with E-state index < -0.39 is 0 Å². The van der Waals surface area contributed by atoms with Gasteiger partial charge in [-0.25, -0.2) is 0 Å². The van der Waals surface area contributed by atoms with Crippen LogP contribution in [0.1, 0.15) is 41.8 Å². The maximum Gasteiger partial charge on any atom is 0.255 e. The number of rotatable bonds is 3. The number of hydrogen-bond donors (Lipinski definition) is 2. The highest BCUT2D eigenvalue weighted by molar-refractivity contribution is 6.00. The van der Waals surface area contributed by atoms with Crippen LogP contribution < -0.4 is 11.1 Å². The molecule has 1 amide bonds. The zero-order valence-electron chi connectivity index (χ0n) is 16.2. The summed E-state index contributed by atoms with van der Waals surface area (Å²) in [6.07, 6.45) is 0.839. The number of anilines is 2. The molecular weight excluding hydrogens is 322 g/mol. The lowest BCUT2D eigenvalue weighted by Gasteiger charge is -2.42. The van der Waals surface area contributed by atoms with E-state index in [2.05, 4.69) is 39.1 Å². The van der Waals surface area contributed by atoms with Crippen LogP contribution in [0.15, 0.2) is 42.5 Å². The number of likely N-dealkylation sites (tertiary alicyclic amines) is 1. The molecule has 3 rings (SSSR count). The lowest BCUT2D eigenvalue weighted by Crippen LogP contribution is -2.54. The molecule has 0 aromatic heterocycles. The van der Waals surface area contributed by atoms with Crippen molar-refractivity contribution in [3.63, 3.8) is 0 Å². The van der Waals surface area contributed by atoms with E-state index in [-0.39, 0.29) is 17.4 Å². The standard InChI is InChI=1S/C22H29N3O/c1-15-8-7-11-18(16(15)2)24-19-10-6-5-9-17(19)21(26)25-13-12-20(23)22(3,4)14-25/h5-11,20,24H,12-14,23H2,1-4H3. The molecule has 2 aromatic rings. The van der Waals surface area contributed by atoms with Crippen molar-refractivity contribution in [3.05, 3.63) is 59.2 Å². The molecule has 0 saturated carbocycles. The van der Waals surface area contributed by atoms with Gasteiger partial charge in [0.1, 0.15) is 0 Å². The van der Waals surface area contributed by atoms with Crippen LogP contribution in [0.5, 0.6) is 0 Å². The van der Waals surface area contributed by atoms with Crippen LogP contribution in [0.4, 0.5) is 11.4 Å². The summed E-state index contributed by atoms with van der Waals surface area (Å²) < 4.78 is 0. The summed E-state index contributed by atoms with van der Waals surface area (Å²) in [4.78, 5) is 15.1. The van der Waals surface area contributed by atoms with E-state index in [9.17, 15) is 4.79 Å². The maximum absolute atomic E-state index is 13.2. The van der Waals surface area contributed by atoms with Crippen molar-refractivity contribution in [1.82, 2.24) is 4.90 Å². The van der Waals surface area contributed by atoms with E-state index >= 15 is 0 Å². The number of nitrogens with zero attached hydrogens (tertiary/aromatic N) is 1. The molecule has 1 saturated heterocycles. The second-order valence-corrected chi connectivity index (χ2v) is 8.03. The van der Waals surface area contributed by atoms with Crippen LogP contribution >= 0.6 is 0 Å². The molecule has 138 valence electrons. The summed E-state index contributed by atoms with van der Waals surface area (Å²) in [5.41, 5.74) is 11.2. The normalized spacial score (nSPS) is 19.3. The summed E-state index contributed by atoms with van der Waals surface area (Å²) in [7, 11) is 0. The first kappa shape index (κ1) is 18.5. The number of nitrogens with two attached hydrogens (primary N) is 1. The molecule has 1 atom stereocenters. The smallest absolute Gasteiger partial charge is 0.255 e. The predicted octanol–water partition coefficient (Wildman–Crippen LogP) is 4.25. The van der Waals surface area contributed by atoms with E-state index in [4.69, 9.17) is 5.73 Å². The van der Waals surface area contributed by atoms with Crippen molar-refractivity contribution < 1.29 is 4.79 Å². The van der Waals surface area contributed by atoms with E-state index in [0.29, 0.717) is 18.7 Å². The first-order valence-electron chi connectivity index (χ1n) is 9.27. The molecule has 4 heteroatoms.